The Morgan fingerprint density at radius 3 is 2.88 bits per heavy atom. The predicted octanol–water partition coefficient (Wildman–Crippen LogP) is 0.603. The molecule has 5 nitrogen and oxygen atoms in total. The van der Waals surface area contributed by atoms with Crippen molar-refractivity contribution in [1.82, 2.24) is 10.2 Å². The first-order valence-electron chi connectivity index (χ1n) is 5.19. The molecule has 3 N–H and O–H groups in total. The molecule has 1 aromatic rings. The van der Waals surface area contributed by atoms with Crippen molar-refractivity contribution >= 4 is 33.4 Å². The average Bonchev–Trinajstić information content (AvgIpc) is 2.32. The number of carbonyl (C=O) groups excluding carboxylic acids is 2. The smallest absolute Gasteiger partial charge is 0.254 e. The molecule has 1 saturated heterocycles. The van der Waals surface area contributed by atoms with Gasteiger partial charge in [-0.3, -0.25) is 9.59 Å². The van der Waals surface area contributed by atoms with Gasteiger partial charge in [0.15, 0.2) is 0 Å². The van der Waals surface area contributed by atoms with Gasteiger partial charge < -0.3 is 16.0 Å². The molecule has 0 aliphatic carbocycles. The standard InChI is InChI=1S/C11H12BrN3O2/c12-8-2-1-7(5-9(8)13)11(17)15-4-3-14-10(16)6-15/h1-2,5H,3-4,6,13H2,(H,14,16). The summed E-state index contributed by atoms with van der Waals surface area (Å²) >= 11 is 3.27. The van der Waals surface area contributed by atoms with Gasteiger partial charge in [0, 0.05) is 28.8 Å². The molecule has 1 aromatic carbocycles. The molecule has 0 radical (unpaired) electrons. The normalized spacial score (nSPS) is 15.6. The van der Waals surface area contributed by atoms with Crippen LogP contribution in [0.5, 0.6) is 0 Å². The van der Waals surface area contributed by atoms with E-state index in [1.165, 1.54) is 4.90 Å². The van der Waals surface area contributed by atoms with Gasteiger partial charge in [0.05, 0.1) is 6.54 Å². The molecule has 1 aliphatic heterocycles. The number of nitrogen functional groups attached to an aromatic ring is 1. The lowest BCUT2D eigenvalue weighted by Gasteiger charge is -2.26. The predicted molar refractivity (Wildman–Crippen MR) is 67.5 cm³/mol. The summed E-state index contributed by atoms with van der Waals surface area (Å²) < 4.78 is 0.755. The molecule has 2 rings (SSSR count). The van der Waals surface area contributed by atoms with Gasteiger partial charge in [-0.05, 0) is 34.1 Å². The Morgan fingerprint density at radius 2 is 2.24 bits per heavy atom. The van der Waals surface area contributed by atoms with Crippen molar-refractivity contribution in [2.45, 2.75) is 0 Å². The molecule has 1 aliphatic rings. The van der Waals surface area contributed by atoms with Crippen molar-refractivity contribution in [3.63, 3.8) is 0 Å². The maximum Gasteiger partial charge on any atom is 0.254 e. The fourth-order valence-electron chi connectivity index (χ4n) is 1.67. The molecule has 90 valence electrons. The summed E-state index contributed by atoms with van der Waals surface area (Å²) in [6.45, 7) is 1.13. The van der Waals surface area contributed by atoms with Gasteiger partial charge in [-0.15, -0.1) is 0 Å². The number of anilines is 1. The Kier molecular flexibility index (Phi) is 3.33. The number of hydrogen-bond donors (Lipinski definition) is 2. The fraction of sp³-hybridized carbons (Fsp3) is 0.273. The van der Waals surface area contributed by atoms with Crippen molar-refractivity contribution in [2.75, 3.05) is 25.4 Å². The van der Waals surface area contributed by atoms with Gasteiger partial charge in [-0.2, -0.15) is 0 Å². The van der Waals surface area contributed by atoms with Crippen molar-refractivity contribution in [3.05, 3.63) is 28.2 Å². The van der Waals surface area contributed by atoms with Gasteiger partial charge in [-0.1, -0.05) is 0 Å². The van der Waals surface area contributed by atoms with E-state index in [2.05, 4.69) is 21.2 Å². The van der Waals surface area contributed by atoms with Crippen LogP contribution in [0.15, 0.2) is 22.7 Å². The van der Waals surface area contributed by atoms with Gasteiger partial charge in [-0.25, -0.2) is 0 Å². The molecule has 0 bridgehead atoms. The second-order valence-electron chi connectivity index (χ2n) is 3.81. The molecule has 1 fully saturated rings. The fourth-order valence-corrected chi connectivity index (χ4v) is 1.92. The van der Waals surface area contributed by atoms with Crippen LogP contribution in [0.4, 0.5) is 5.69 Å². The van der Waals surface area contributed by atoms with Crippen LogP contribution < -0.4 is 11.1 Å². The second kappa shape index (κ2) is 4.75. The molecular weight excluding hydrogens is 286 g/mol. The highest BCUT2D eigenvalue weighted by Gasteiger charge is 2.22. The number of nitrogens with two attached hydrogens (primary N) is 1. The highest BCUT2D eigenvalue weighted by atomic mass is 79.9. The van der Waals surface area contributed by atoms with Gasteiger partial charge >= 0.3 is 0 Å². The molecule has 17 heavy (non-hydrogen) atoms. The third kappa shape index (κ3) is 2.58. The maximum absolute atomic E-state index is 12.1. The summed E-state index contributed by atoms with van der Waals surface area (Å²) in [5.41, 5.74) is 6.73. The van der Waals surface area contributed by atoms with Crippen LogP contribution in [-0.4, -0.2) is 36.3 Å². The van der Waals surface area contributed by atoms with Crippen molar-refractivity contribution in [1.29, 1.82) is 0 Å². The molecule has 0 spiro atoms. The summed E-state index contributed by atoms with van der Waals surface area (Å²) in [6.07, 6.45) is 0. The third-order valence-corrected chi connectivity index (χ3v) is 3.29. The summed E-state index contributed by atoms with van der Waals surface area (Å²) in [4.78, 5) is 24.8. The second-order valence-corrected chi connectivity index (χ2v) is 4.67. The Bertz CT molecular complexity index is 476. The quantitative estimate of drug-likeness (QED) is 0.746. The SMILES string of the molecule is Nc1cc(C(=O)N2CCNC(=O)C2)ccc1Br. The zero-order chi connectivity index (χ0) is 12.4. The molecule has 0 atom stereocenters. The molecule has 0 saturated carbocycles. The summed E-state index contributed by atoms with van der Waals surface area (Å²) in [7, 11) is 0. The lowest BCUT2D eigenvalue weighted by atomic mass is 10.1. The van der Waals surface area contributed by atoms with Crippen molar-refractivity contribution in [3.8, 4) is 0 Å². The number of rotatable bonds is 1. The highest BCUT2D eigenvalue weighted by molar-refractivity contribution is 9.10. The third-order valence-electron chi connectivity index (χ3n) is 2.57. The maximum atomic E-state index is 12.1. The lowest BCUT2D eigenvalue weighted by molar-refractivity contribution is -0.123. The Morgan fingerprint density at radius 1 is 1.47 bits per heavy atom. The van der Waals surface area contributed by atoms with E-state index in [1.54, 1.807) is 18.2 Å². The van der Waals surface area contributed by atoms with E-state index in [9.17, 15) is 9.59 Å². The van der Waals surface area contributed by atoms with E-state index in [0.717, 1.165) is 4.47 Å². The number of hydrogen-bond acceptors (Lipinski definition) is 3. The first-order chi connectivity index (χ1) is 8.08. The summed E-state index contributed by atoms with van der Waals surface area (Å²) in [5.74, 6) is -0.297. The number of nitrogens with one attached hydrogen (secondary N) is 1. The van der Waals surface area contributed by atoms with Crippen LogP contribution in [0.25, 0.3) is 0 Å². The molecule has 0 unspecified atom stereocenters. The Balaban J connectivity index is 2.18. The van der Waals surface area contributed by atoms with E-state index in [1.807, 2.05) is 0 Å². The number of benzene rings is 1. The summed E-state index contributed by atoms with van der Waals surface area (Å²) in [5, 5.41) is 2.67. The van der Waals surface area contributed by atoms with Crippen LogP contribution in [-0.2, 0) is 4.79 Å². The lowest BCUT2D eigenvalue weighted by Crippen LogP contribution is -2.49. The first kappa shape index (κ1) is 11.9. The Hall–Kier alpha value is -1.56. The minimum atomic E-state index is -0.168. The highest BCUT2D eigenvalue weighted by Crippen LogP contribution is 2.21. The van der Waals surface area contributed by atoms with Crippen LogP contribution >= 0.6 is 15.9 Å². The van der Waals surface area contributed by atoms with E-state index < -0.39 is 0 Å². The van der Waals surface area contributed by atoms with E-state index in [-0.39, 0.29) is 18.4 Å². The largest absolute Gasteiger partial charge is 0.398 e. The number of halogens is 1. The van der Waals surface area contributed by atoms with Crippen LogP contribution in [0, 0.1) is 0 Å². The molecule has 2 amide bonds. The van der Waals surface area contributed by atoms with Crippen LogP contribution in [0.3, 0.4) is 0 Å². The number of carbonyl (C=O) groups is 2. The van der Waals surface area contributed by atoms with Crippen molar-refractivity contribution in [2.24, 2.45) is 0 Å². The van der Waals surface area contributed by atoms with Crippen molar-refractivity contribution < 1.29 is 9.59 Å². The van der Waals surface area contributed by atoms with Crippen LogP contribution in [0.2, 0.25) is 0 Å². The van der Waals surface area contributed by atoms with Gasteiger partial charge in [0.2, 0.25) is 5.91 Å². The molecule has 6 heteroatoms. The van der Waals surface area contributed by atoms with Gasteiger partial charge in [0.25, 0.3) is 5.91 Å². The summed E-state index contributed by atoms with van der Waals surface area (Å²) in [6, 6.07) is 5.03. The minimum absolute atomic E-state index is 0.106. The van der Waals surface area contributed by atoms with E-state index >= 15 is 0 Å². The molecule has 1 heterocycles. The van der Waals surface area contributed by atoms with E-state index in [0.29, 0.717) is 24.3 Å². The zero-order valence-electron chi connectivity index (χ0n) is 9.07. The Labute approximate surface area is 107 Å². The zero-order valence-corrected chi connectivity index (χ0v) is 10.7. The number of nitrogens with zero attached hydrogens (tertiary/aromatic N) is 1. The minimum Gasteiger partial charge on any atom is -0.398 e. The first-order valence-corrected chi connectivity index (χ1v) is 5.98. The molecular formula is C11H12BrN3O2. The average molecular weight is 298 g/mol. The topological polar surface area (TPSA) is 75.4 Å². The van der Waals surface area contributed by atoms with Gasteiger partial charge in [0.1, 0.15) is 0 Å². The van der Waals surface area contributed by atoms with E-state index in [4.69, 9.17) is 5.73 Å². The number of amides is 2. The monoisotopic (exact) mass is 297 g/mol. The number of piperazine rings is 1. The van der Waals surface area contributed by atoms with Crippen LogP contribution in [0.1, 0.15) is 10.4 Å². The molecule has 0 aromatic heterocycles.